The standard InChI is InChI=1S/C15H12O6S2/c1-21-15(18)13(17)9-6-22-14-8-4-2-3-5-11(8)23(19,20)7-10(14)12(9)16/h2-5,9H,6-7H2,1H3. The number of benzene rings is 1. The summed E-state index contributed by atoms with van der Waals surface area (Å²) in [5.74, 6) is -4.17. The molecule has 23 heavy (non-hydrogen) atoms. The summed E-state index contributed by atoms with van der Waals surface area (Å²) in [6.07, 6.45) is 0. The van der Waals surface area contributed by atoms with Crippen molar-refractivity contribution in [3.8, 4) is 0 Å². The van der Waals surface area contributed by atoms with Crippen molar-refractivity contribution in [2.45, 2.75) is 4.90 Å². The molecule has 0 aromatic heterocycles. The minimum Gasteiger partial charge on any atom is -0.463 e. The summed E-state index contributed by atoms with van der Waals surface area (Å²) >= 11 is 1.22. The molecule has 0 radical (unpaired) electrons. The van der Waals surface area contributed by atoms with Gasteiger partial charge in [-0.2, -0.15) is 0 Å². The Morgan fingerprint density at radius 3 is 2.65 bits per heavy atom. The van der Waals surface area contributed by atoms with Gasteiger partial charge >= 0.3 is 5.97 Å². The maximum atomic E-state index is 12.6. The summed E-state index contributed by atoms with van der Waals surface area (Å²) in [5, 5.41) is 0. The zero-order valence-electron chi connectivity index (χ0n) is 12.1. The van der Waals surface area contributed by atoms with Crippen LogP contribution >= 0.6 is 11.8 Å². The Bertz CT molecular complexity index is 866. The van der Waals surface area contributed by atoms with Crippen LogP contribution in [0.15, 0.2) is 34.7 Å². The van der Waals surface area contributed by atoms with Gasteiger partial charge in [0, 0.05) is 21.8 Å². The maximum Gasteiger partial charge on any atom is 0.375 e. The first-order chi connectivity index (χ1) is 10.9. The predicted molar refractivity (Wildman–Crippen MR) is 83.4 cm³/mol. The first-order valence-electron chi connectivity index (χ1n) is 6.71. The number of Topliss-reactive ketones (excluding diaryl/α,β-unsaturated/α-hetero) is 2. The summed E-state index contributed by atoms with van der Waals surface area (Å²) in [6, 6.07) is 6.47. The van der Waals surface area contributed by atoms with Gasteiger partial charge in [-0.05, 0) is 6.07 Å². The summed E-state index contributed by atoms with van der Waals surface area (Å²) in [4.78, 5) is 36.6. The minimum atomic E-state index is -3.64. The average Bonchev–Trinajstić information content (AvgIpc) is 2.54. The Hall–Kier alpha value is -1.93. The Morgan fingerprint density at radius 1 is 1.26 bits per heavy atom. The fourth-order valence-electron chi connectivity index (χ4n) is 2.66. The fourth-order valence-corrected chi connectivity index (χ4v) is 5.75. The lowest BCUT2D eigenvalue weighted by Crippen LogP contribution is -2.38. The Morgan fingerprint density at radius 2 is 1.96 bits per heavy atom. The molecule has 8 heteroatoms. The highest BCUT2D eigenvalue weighted by molar-refractivity contribution is 8.08. The number of carbonyl (C=O) groups excluding carboxylic acids is 3. The van der Waals surface area contributed by atoms with Crippen LogP contribution in [0, 0.1) is 5.92 Å². The monoisotopic (exact) mass is 352 g/mol. The van der Waals surface area contributed by atoms with E-state index in [0.29, 0.717) is 10.5 Å². The average molecular weight is 352 g/mol. The van der Waals surface area contributed by atoms with Gasteiger partial charge in [-0.1, -0.05) is 18.2 Å². The quantitative estimate of drug-likeness (QED) is 0.442. The van der Waals surface area contributed by atoms with Gasteiger partial charge in [-0.3, -0.25) is 9.59 Å². The van der Waals surface area contributed by atoms with E-state index in [-0.39, 0.29) is 16.2 Å². The highest BCUT2D eigenvalue weighted by Crippen LogP contribution is 2.44. The molecule has 0 fully saturated rings. The first kappa shape index (κ1) is 15.9. The first-order valence-corrected chi connectivity index (χ1v) is 9.35. The molecule has 1 unspecified atom stereocenters. The fraction of sp³-hybridized carbons (Fsp3) is 0.267. The van der Waals surface area contributed by atoms with Crippen LogP contribution in [0.4, 0.5) is 0 Å². The van der Waals surface area contributed by atoms with Gasteiger partial charge in [0.2, 0.25) is 0 Å². The van der Waals surface area contributed by atoms with Crippen molar-refractivity contribution in [2.24, 2.45) is 5.92 Å². The van der Waals surface area contributed by atoms with Crippen molar-refractivity contribution < 1.29 is 27.5 Å². The van der Waals surface area contributed by atoms with Gasteiger partial charge in [-0.15, -0.1) is 11.8 Å². The summed E-state index contributed by atoms with van der Waals surface area (Å²) in [7, 11) is -2.58. The van der Waals surface area contributed by atoms with Gasteiger partial charge in [0.25, 0.3) is 5.78 Å². The molecular weight excluding hydrogens is 340 g/mol. The number of methoxy groups -OCH3 is 1. The number of hydrogen-bond donors (Lipinski definition) is 0. The van der Waals surface area contributed by atoms with Crippen LogP contribution in [0.2, 0.25) is 0 Å². The van der Waals surface area contributed by atoms with Gasteiger partial charge in [-0.25, -0.2) is 13.2 Å². The molecule has 0 saturated carbocycles. The number of hydrogen-bond acceptors (Lipinski definition) is 7. The second-order valence-electron chi connectivity index (χ2n) is 5.15. The molecule has 2 aliphatic heterocycles. The van der Waals surface area contributed by atoms with E-state index in [2.05, 4.69) is 4.74 Å². The number of ketones is 2. The topological polar surface area (TPSA) is 94.6 Å². The van der Waals surface area contributed by atoms with E-state index in [1.165, 1.54) is 17.8 Å². The van der Waals surface area contributed by atoms with Crippen LogP contribution in [0.3, 0.4) is 0 Å². The van der Waals surface area contributed by atoms with Crippen LogP contribution in [0.25, 0.3) is 4.91 Å². The van der Waals surface area contributed by atoms with Crippen molar-refractivity contribution >= 4 is 44.0 Å². The third kappa shape index (κ3) is 2.51. The molecule has 2 heterocycles. The van der Waals surface area contributed by atoms with E-state index in [0.717, 1.165) is 7.11 Å². The normalized spacial score (nSPS) is 22.1. The molecule has 3 rings (SSSR count). The zero-order chi connectivity index (χ0) is 16.8. The number of thioether (sulfide) groups is 1. The van der Waals surface area contributed by atoms with Gasteiger partial charge in [0.1, 0.15) is 5.92 Å². The van der Waals surface area contributed by atoms with E-state index < -0.39 is 39.0 Å². The molecule has 0 saturated heterocycles. The van der Waals surface area contributed by atoms with E-state index in [1.54, 1.807) is 18.2 Å². The van der Waals surface area contributed by atoms with E-state index in [1.807, 2.05) is 0 Å². The molecule has 120 valence electrons. The number of esters is 1. The molecule has 0 bridgehead atoms. The highest BCUT2D eigenvalue weighted by Gasteiger charge is 2.43. The Kier molecular flexibility index (Phi) is 3.89. The number of fused-ring (bicyclic) bond motifs is 2. The largest absolute Gasteiger partial charge is 0.463 e. The van der Waals surface area contributed by atoms with Crippen LogP contribution in [0.1, 0.15) is 5.56 Å². The summed E-state index contributed by atoms with van der Waals surface area (Å²) in [5.41, 5.74) is 0.568. The summed E-state index contributed by atoms with van der Waals surface area (Å²) in [6.45, 7) is 0. The molecule has 0 amide bonds. The molecule has 1 aromatic rings. The van der Waals surface area contributed by atoms with Crippen LogP contribution in [0.5, 0.6) is 0 Å². The summed E-state index contributed by atoms with van der Waals surface area (Å²) < 4.78 is 29.1. The highest BCUT2D eigenvalue weighted by atomic mass is 32.2. The van der Waals surface area contributed by atoms with Crippen molar-refractivity contribution in [1.29, 1.82) is 0 Å². The number of ether oxygens (including phenoxy) is 1. The Balaban J connectivity index is 2.08. The van der Waals surface area contributed by atoms with Crippen molar-refractivity contribution in [2.75, 3.05) is 18.6 Å². The van der Waals surface area contributed by atoms with Gasteiger partial charge in [0.05, 0.1) is 17.8 Å². The van der Waals surface area contributed by atoms with Crippen LogP contribution in [-0.4, -0.2) is 44.6 Å². The molecule has 0 N–H and O–H groups in total. The molecular formula is C15H12O6S2. The predicted octanol–water partition coefficient (Wildman–Crippen LogP) is 0.859. The lowest BCUT2D eigenvalue weighted by molar-refractivity contribution is -0.154. The number of sulfone groups is 1. The van der Waals surface area contributed by atoms with Crippen molar-refractivity contribution in [1.82, 2.24) is 0 Å². The van der Waals surface area contributed by atoms with Gasteiger partial charge in [0.15, 0.2) is 15.6 Å². The molecule has 1 atom stereocenters. The third-order valence-electron chi connectivity index (χ3n) is 3.79. The molecule has 2 aliphatic rings. The SMILES string of the molecule is COC(=O)C(=O)C1CSC2=C(CS(=O)(=O)c3ccccc32)C1=O. The second-order valence-corrected chi connectivity index (χ2v) is 8.13. The third-order valence-corrected chi connectivity index (χ3v) is 6.74. The second kappa shape index (κ2) is 5.61. The minimum absolute atomic E-state index is 0.0854. The molecule has 1 aromatic carbocycles. The van der Waals surface area contributed by atoms with E-state index in [4.69, 9.17) is 0 Å². The van der Waals surface area contributed by atoms with Crippen molar-refractivity contribution in [3.05, 3.63) is 35.4 Å². The lowest BCUT2D eigenvalue weighted by atomic mass is 9.93. The van der Waals surface area contributed by atoms with Crippen LogP contribution in [-0.2, 0) is 29.0 Å². The maximum absolute atomic E-state index is 12.6. The van der Waals surface area contributed by atoms with E-state index >= 15 is 0 Å². The number of rotatable bonds is 2. The number of carbonyl (C=O) groups is 3. The zero-order valence-corrected chi connectivity index (χ0v) is 13.7. The lowest BCUT2D eigenvalue weighted by Gasteiger charge is -2.28. The van der Waals surface area contributed by atoms with Crippen molar-refractivity contribution in [3.63, 3.8) is 0 Å². The molecule has 0 spiro atoms. The molecule has 6 nitrogen and oxygen atoms in total. The van der Waals surface area contributed by atoms with E-state index in [9.17, 15) is 22.8 Å². The van der Waals surface area contributed by atoms with Gasteiger partial charge < -0.3 is 4.74 Å². The Labute approximate surface area is 136 Å². The molecule has 0 aliphatic carbocycles. The van der Waals surface area contributed by atoms with Crippen LogP contribution < -0.4 is 0 Å². The smallest absolute Gasteiger partial charge is 0.375 e.